The molecule has 1 fully saturated rings. The molecule has 0 bridgehead atoms. The maximum atomic E-state index is 13.3. The number of nitrogen functional groups attached to an aromatic ring is 1. The van der Waals surface area contributed by atoms with Gasteiger partial charge in [0.1, 0.15) is 10.7 Å². The summed E-state index contributed by atoms with van der Waals surface area (Å²) in [7, 11) is -3.74. The molecule has 1 aromatic carbocycles. The first-order valence-corrected chi connectivity index (χ1v) is 8.92. The molecule has 0 radical (unpaired) electrons. The van der Waals surface area contributed by atoms with Crippen LogP contribution in [0.4, 0.5) is 10.1 Å². The minimum absolute atomic E-state index is 0.181. The summed E-state index contributed by atoms with van der Waals surface area (Å²) in [5.74, 6) is 0.583. The standard InChI is InChI=1S/C15H23FN2O2S/c1-11-4-2-5-12(10-11)8-9-18-21(19,20)14-7-3-6-13(16)15(14)17/h3,6-7,11-12,18H,2,4-5,8-10,17H2,1H3. The van der Waals surface area contributed by atoms with Crippen LogP contribution in [0.2, 0.25) is 0 Å². The molecule has 0 aromatic heterocycles. The summed E-state index contributed by atoms with van der Waals surface area (Å²) in [6.07, 6.45) is 5.62. The van der Waals surface area contributed by atoms with Crippen LogP contribution in [-0.2, 0) is 10.0 Å². The van der Waals surface area contributed by atoms with Crippen LogP contribution in [0.3, 0.4) is 0 Å². The molecule has 0 heterocycles. The van der Waals surface area contributed by atoms with Crippen molar-refractivity contribution in [1.29, 1.82) is 0 Å². The number of hydrogen-bond donors (Lipinski definition) is 2. The number of hydrogen-bond acceptors (Lipinski definition) is 3. The largest absolute Gasteiger partial charge is 0.395 e. The summed E-state index contributed by atoms with van der Waals surface area (Å²) >= 11 is 0. The zero-order chi connectivity index (χ0) is 15.5. The molecule has 6 heteroatoms. The molecule has 0 saturated heterocycles. The van der Waals surface area contributed by atoms with E-state index in [0.29, 0.717) is 12.5 Å². The molecule has 0 amide bonds. The van der Waals surface area contributed by atoms with Crippen LogP contribution >= 0.6 is 0 Å². The van der Waals surface area contributed by atoms with Gasteiger partial charge in [-0.1, -0.05) is 32.3 Å². The lowest BCUT2D eigenvalue weighted by atomic mass is 9.81. The van der Waals surface area contributed by atoms with E-state index in [2.05, 4.69) is 11.6 Å². The van der Waals surface area contributed by atoms with Crippen LogP contribution in [0.1, 0.15) is 39.0 Å². The summed E-state index contributed by atoms with van der Waals surface area (Å²) in [5.41, 5.74) is 5.18. The van der Waals surface area contributed by atoms with E-state index in [9.17, 15) is 12.8 Å². The van der Waals surface area contributed by atoms with Crippen LogP contribution < -0.4 is 10.5 Å². The van der Waals surface area contributed by atoms with Crippen molar-refractivity contribution in [2.45, 2.75) is 43.9 Å². The smallest absolute Gasteiger partial charge is 0.242 e. The second-order valence-electron chi connectivity index (χ2n) is 5.98. The Labute approximate surface area is 126 Å². The lowest BCUT2D eigenvalue weighted by Gasteiger charge is -2.26. The number of nitrogens with one attached hydrogen (secondary N) is 1. The molecule has 118 valence electrons. The fourth-order valence-electron chi connectivity index (χ4n) is 3.05. The monoisotopic (exact) mass is 314 g/mol. The van der Waals surface area contributed by atoms with Gasteiger partial charge in [-0.25, -0.2) is 17.5 Å². The molecule has 1 saturated carbocycles. The maximum absolute atomic E-state index is 13.3. The van der Waals surface area contributed by atoms with Crippen molar-refractivity contribution >= 4 is 15.7 Å². The maximum Gasteiger partial charge on any atom is 0.242 e. The van der Waals surface area contributed by atoms with E-state index in [1.807, 2.05) is 0 Å². The molecule has 3 N–H and O–H groups in total. The van der Waals surface area contributed by atoms with Gasteiger partial charge in [-0.05, 0) is 36.8 Å². The first kappa shape index (κ1) is 16.2. The molecule has 4 nitrogen and oxygen atoms in total. The summed E-state index contributed by atoms with van der Waals surface area (Å²) < 4.78 is 40.2. The molecule has 1 aromatic rings. The SMILES string of the molecule is CC1CCCC(CCNS(=O)(=O)c2cccc(F)c2N)C1. The average Bonchev–Trinajstić information content (AvgIpc) is 2.41. The van der Waals surface area contributed by atoms with Gasteiger partial charge in [0.2, 0.25) is 10.0 Å². The van der Waals surface area contributed by atoms with Crippen molar-refractivity contribution in [3.63, 3.8) is 0 Å². The summed E-state index contributed by atoms with van der Waals surface area (Å²) in [4.78, 5) is -0.181. The number of halogens is 1. The third-order valence-corrected chi connectivity index (χ3v) is 5.71. The number of para-hydroxylation sites is 1. The molecule has 1 aliphatic carbocycles. The predicted molar refractivity (Wildman–Crippen MR) is 81.7 cm³/mol. The first-order valence-electron chi connectivity index (χ1n) is 7.44. The number of nitrogens with two attached hydrogens (primary N) is 1. The zero-order valence-electron chi connectivity index (χ0n) is 12.3. The average molecular weight is 314 g/mol. The number of benzene rings is 1. The highest BCUT2D eigenvalue weighted by Crippen LogP contribution is 2.30. The van der Waals surface area contributed by atoms with Gasteiger partial charge < -0.3 is 5.73 Å². The highest BCUT2D eigenvalue weighted by Gasteiger charge is 2.21. The van der Waals surface area contributed by atoms with E-state index >= 15 is 0 Å². The molecule has 2 unspecified atom stereocenters. The number of sulfonamides is 1. The Kier molecular flexibility index (Phi) is 5.22. The molecule has 2 rings (SSSR count). The highest BCUT2D eigenvalue weighted by molar-refractivity contribution is 7.89. The molecular weight excluding hydrogens is 291 g/mol. The van der Waals surface area contributed by atoms with E-state index < -0.39 is 15.8 Å². The fourth-order valence-corrected chi connectivity index (χ4v) is 4.24. The van der Waals surface area contributed by atoms with Crippen LogP contribution in [0, 0.1) is 17.7 Å². The van der Waals surface area contributed by atoms with Crippen LogP contribution in [0.25, 0.3) is 0 Å². The Balaban J connectivity index is 1.94. The van der Waals surface area contributed by atoms with E-state index in [-0.39, 0.29) is 10.6 Å². The second kappa shape index (κ2) is 6.75. The van der Waals surface area contributed by atoms with Gasteiger partial charge in [-0.15, -0.1) is 0 Å². The van der Waals surface area contributed by atoms with Gasteiger partial charge in [-0.2, -0.15) is 0 Å². The van der Waals surface area contributed by atoms with E-state index in [0.717, 1.165) is 31.2 Å². The van der Waals surface area contributed by atoms with Gasteiger partial charge in [0.25, 0.3) is 0 Å². The molecule has 21 heavy (non-hydrogen) atoms. The Morgan fingerprint density at radius 2 is 2.14 bits per heavy atom. The Morgan fingerprint density at radius 1 is 1.38 bits per heavy atom. The minimum Gasteiger partial charge on any atom is -0.395 e. The summed E-state index contributed by atoms with van der Waals surface area (Å²) in [6, 6.07) is 3.82. The van der Waals surface area contributed by atoms with Gasteiger partial charge >= 0.3 is 0 Å². The van der Waals surface area contributed by atoms with Crippen LogP contribution in [-0.4, -0.2) is 15.0 Å². The van der Waals surface area contributed by atoms with Crippen molar-refractivity contribution in [3.05, 3.63) is 24.0 Å². The van der Waals surface area contributed by atoms with Crippen LogP contribution in [0.15, 0.2) is 23.1 Å². The van der Waals surface area contributed by atoms with E-state index in [1.165, 1.54) is 25.0 Å². The molecule has 2 atom stereocenters. The Bertz CT molecular complexity index is 589. The van der Waals surface area contributed by atoms with Gasteiger partial charge in [-0.3, -0.25) is 0 Å². The summed E-state index contributed by atoms with van der Waals surface area (Å²) in [5, 5.41) is 0. The third kappa shape index (κ3) is 4.17. The summed E-state index contributed by atoms with van der Waals surface area (Å²) in [6.45, 7) is 2.61. The third-order valence-electron chi connectivity index (χ3n) is 4.19. The second-order valence-corrected chi connectivity index (χ2v) is 7.71. The van der Waals surface area contributed by atoms with Crippen molar-refractivity contribution in [3.8, 4) is 0 Å². The Hall–Kier alpha value is -1.14. The van der Waals surface area contributed by atoms with Crippen molar-refractivity contribution in [2.75, 3.05) is 12.3 Å². The van der Waals surface area contributed by atoms with Crippen molar-refractivity contribution < 1.29 is 12.8 Å². The van der Waals surface area contributed by atoms with Crippen LogP contribution in [0.5, 0.6) is 0 Å². The van der Waals surface area contributed by atoms with Gasteiger partial charge in [0.05, 0.1) is 5.69 Å². The first-order chi connectivity index (χ1) is 9.90. The van der Waals surface area contributed by atoms with Gasteiger partial charge in [0.15, 0.2) is 0 Å². The Morgan fingerprint density at radius 3 is 2.86 bits per heavy atom. The molecule has 1 aliphatic rings. The number of rotatable bonds is 5. The molecular formula is C15H23FN2O2S. The molecule has 0 spiro atoms. The predicted octanol–water partition coefficient (Wildman–Crippen LogP) is 2.90. The van der Waals surface area contributed by atoms with Gasteiger partial charge in [0, 0.05) is 6.54 Å². The van der Waals surface area contributed by atoms with E-state index in [1.54, 1.807) is 0 Å². The highest BCUT2D eigenvalue weighted by atomic mass is 32.2. The lowest BCUT2D eigenvalue weighted by molar-refractivity contribution is 0.271. The van der Waals surface area contributed by atoms with Crippen molar-refractivity contribution in [2.24, 2.45) is 11.8 Å². The lowest BCUT2D eigenvalue weighted by Crippen LogP contribution is -2.28. The fraction of sp³-hybridized carbons (Fsp3) is 0.600. The normalized spacial score (nSPS) is 23.1. The topological polar surface area (TPSA) is 72.2 Å². The number of anilines is 1. The quantitative estimate of drug-likeness (QED) is 0.821. The molecule has 0 aliphatic heterocycles. The minimum atomic E-state index is -3.74. The van der Waals surface area contributed by atoms with E-state index in [4.69, 9.17) is 5.73 Å². The van der Waals surface area contributed by atoms with Crippen molar-refractivity contribution in [1.82, 2.24) is 4.72 Å². The zero-order valence-corrected chi connectivity index (χ0v) is 13.1.